The summed E-state index contributed by atoms with van der Waals surface area (Å²) in [5, 5.41) is 2.84. The normalized spacial score (nSPS) is 23.5. The lowest BCUT2D eigenvalue weighted by molar-refractivity contribution is -0.134. The fraction of sp³-hybridized carbons (Fsp3) is 0.579. The molecule has 3 rings (SSSR count). The summed E-state index contributed by atoms with van der Waals surface area (Å²) in [6.45, 7) is 2.21. The first kappa shape index (κ1) is 17.5. The number of piperidine rings is 1. The highest BCUT2D eigenvalue weighted by atomic mass is 79.9. The Labute approximate surface area is 152 Å². The molecule has 1 saturated carbocycles. The molecule has 2 atom stereocenters. The third-order valence-electron chi connectivity index (χ3n) is 5.37. The van der Waals surface area contributed by atoms with Gasteiger partial charge in [-0.3, -0.25) is 9.59 Å². The van der Waals surface area contributed by atoms with Gasteiger partial charge < -0.3 is 10.2 Å². The molecular weight excluding hydrogens is 368 g/mol. The number of nitrogens with zero attached hydrogens (tertiary/aromatic N) is 1. The first-order chi connectivity index (χ1) is 11.6. The molecule has 0 spiro atoms. The van der Waals surface area contributed by atoms with Crippen LogP contribution in [0.4, 0.5) is 0 Å². The molecular formula is C19H25BrN2O2. The fourth-order valence-corrected chi connectivity index (χ4v) is 4.24. The molecule has 1 aromatic rings. The minimum Gasteiger partial charge on any atom is -0.352 e. The molecule has 24 heavy (non-hydrogen) atoms. The van der Waals surface area contributed by atoms with E-state index >= 15 is 0 Å². The second-order valence-electron chi connectivity index (χ2n) is 6.95. The number of nitrogens with one attached hydrogen (secondary N) is 1. The summed E-state index contributed by atoms with van der Waals surface area (Å²) in [4.78, 5) is 26.5. The predicted molar refractivity (Wildman–Crippen MR) is 97.7 cm³/mol. The minimum atomic E-state index is -0.124. The van der Waals surface area contributed by atoms with Gasteiger partial charge in [-0.05, 0) is 48.9 Å². The van der Waals surface area contributed by atoms with Crippen molar-refractivity contribution in [3.8, 4) is 0 Å². The summed E-state index contributed by atoms with van der Waals surface area (Å²) in [6, 6.07) is 7.23. The Morgan fingerprint density at radius 1 is 1.08 bits per heavy atom. The molecule has 0 unspecified atom stereocenters. The van der Waals surface area contributed by atoms with Gasteiger partial charge >= 0.3 is 0 Å². The Balaban J connectivity index is 1.42. The van der Waals surface area contributed by atoms with Crippen molar-refractivity contribution in [2.75, 3.05) is 19.6 Å². The van der Waals surface area contributed by atoms with E-state index in [-0.39, 0.29) is 11.8 Å². The van der Waals surface area contributed by atoms with Crippen molar-refractivity contribution in [3.05, 3.63) is 34.3 Å². The maximum atomic E-state index is 12.4. The van der Waals surface area contributed by atoms with Crippen molar-refractivity contribution in [2.24, 2.45) is 11.8 Å². The molecule has 2 aliphatic rings. The molecule has 1 aliphatic heterocycles. The Morgan fingerprint density at radius 2 is 1.79 bits per heavy atom. The molecule has 1 aliphatic carbocycles. The van der Waals surface area contributed by atoms with Gasteiger partial charge in [0.25, 0.3) is 5.91 Å². The third kappa shape index (κ3) is 4.38. The van der Waals surface area contributed by atoms with Gasteiger partial charge in [0, 0.05) is 36.1 Å². The van der Waals surface area contributed by atoms with Crippen LogP contribution in [-0.2, 0) is 4.79 Å². The van der Waals surface area contributed by atoms with Gasteiger partial charge in [0.15, 0.2) is 0 Å². The van der Waals surface area contributed by atoms with Gasteiger partial charge in [-0.25, -0.2) is 0 Å². The highest BCUT2D eigenvalue weighted by Crippen LogP contribution is 2.36. The lowest BCUT2D eigenvalue weighted by atomic mass is 9.75. The highest BCUT2D eigenvalue weighted by molar-refractivity contribution is 9.10. The van der Waals surface area contributed by atoms with Crippen LogP contribution in [0, 0.1) is 11.8 Å². The quantitative estimate of drug-likeness (QED) is 0.850. The van der Waals surface area contributed by atoms with Crippen molar-refractivity contribution < 1.29 is 9.59 Å². The van der Waals surface area contributed by atoms with Gasteiger partial charge in [0.1, 0.15) is 0 Å². The predicted octanol–water partition coefficient (Wildman–Crippen LogP) is 3.61. The summed E-state index contributed by atoms with van der Waals surface area (Å²) in [5.74, 6) is 1.59. The Hall–Kier alpha value is -1.36. The maximum Gasteiger partial charge on any atom is 0.251 e. The van der Waals surface area contributed by atoms with Gasteiger partial charge in [-0.2, -0.15) is 0 Å². The highest BCUT2D eigenvalue weighted by Gasteiger charge is 2.32. The molecule has 0 aromatic heterocycles. The largest absolute Gasteiger partial charge is 0.352 e. The van der Waals surface area contributed by atoms with Crippen molar-refractivity contribution in [1.82, 2.24) is 10.2 Å². The number of hydrogen-bond donors (Lipinski definition) is 1. The van der Waals surface area contributed by atoms with Crippen LogP contribution >= 0.6 is 15.9 Å². The molecule has 4 nitrogen and oxygen atoms in total. The van der Waals surface area contributed by atoms with Crippen LogP contribution in [0.25, 0.3) is 0 Å². The second-order valence-corrected chi connectivity index (χ2v) is 7.86. The van der Waals surface area contributed by atoms with E-state index in [4.69, 9.17) is 0 Å². The van der Waals surface area contributed by atoms with Gasteiger partial charge in [0.05, 0.1) is 0 Å². The van der Waals surface area contributed by atoms with Crippen molar-refractivity contribution in [2.45, 2.75) is 38.5 Å². The zero-order chi connectivity index (χ0) is 16.9. The second kappa shape index (κ2) is 8.15. The molecule has 1 heterocycles. The Bertz CT molecular complexity index is 588. The number of benzene rings is 1. The Kier molecular flexibility index (Phi) is 5.93. The summed E-state index contributed by atoms with van der Waals surface area (Å²) in [5.41, 5.74) is 0.619. The molecule has 0 radical (unpaired) electrons. The van der Waals surface area contributed by atoms with Crippen LogP contribution in [0.5, 0.6) is 0 Å². The number of carbonyl (C=O) groups excluding carboxylic acids is 2. The topological polar surface area (TPSA) is 49.4 Å². The molecule has 5 heteroatoms. The number of likely N-dealkylation sites (tertiary alicyclic amines) is 1. The summed E-state index contributed by atoms with van der Waals surface area (Å²) in [7, 11) is 0. The van der Waals surface area contributed by atoms with Crippen LogP contribution in [0.1, 0.15) is 48.9 Å². The summed E-state index contributed by atoms with van der Waals surface area (Å²) >= 11 is 3.35. The average molecular weight is 393 g/mol. The van der Waals surface area contributed by atoms with Crippen molar-refractivity contribution >= 4 is 27.7 Å². The van der Waals surface area contributed by atoms with E-state index in [1.54, 1.807) is 12.1 Å². The van der Waals surface area contributed by atoms with E-state index in [0.29, 0.717) is 24.4 Å². The zero-order valence-corrected chi connectivity index (χ0v) is 15.6. The fourth-order valence-electron chi connectivity index (χ4n) is 3.97. The molecule has 1 N–H and O–H groups in total. The third-order valence-corrected chi connectivity index (χ3v) is 5.90. The van der Waals surface area contributed by atoms with Crippen LogP contribution in [0.3, 0.4) is 0 Å². The molecule has 2 fully saturated rings. The van der Waals surface area contributed by atoms with Crippen LogP contribution in [-0.4, -0.2) is 36.3 Å². The number of hydrogen-bond acceptors (Lipinski definition) is 2. The van der Waals surface area contributed by atoms with Crippen LogP contribution in [0.2, 0.25) is 0 Å². The average Bonchev–Trinajstić information content (AvgIpc) is 2.61. The van der Waals surface area contributed by atoms with Crippen molar-refractivity contribution in [3.63, 3.8) is 0 Å². The number of rotatable bonds is 4. The van der Waals surface area contributed by atoms with Gasteiger partial charge in [-0.1, -0.05) is 35.2 Å². The van der Waals surface area contributed by atoms with E-state index < -0.39 is 0 Å². The summed E-state index contributed by atoms with van der Waals surface area (Å²) in [6.07, 6.45) is 6.83. The molecule has 130 valence electrons. The monoisotopic (exact) mass is 392 g/mol. The van der Waals surface area contributed by atoms with E-state index in [1.807, 2.05) is 17.0 Å². The van der Waals surface area contributed by atoms with Gasteiger partial charge in [0.2, 0.25) is 5.91 Å². The van der Waals surface area contributed by atoms with E-state index in [1.165, 1.54) is 25.7 Å². The van der Waals surface area contributed by atoms with E-state index in [2.05, 4.69) is 21.2 Å². The first-order valence-electron chi connectivity index (χ1n) is 8.95. The number of fused-ring (bicyclic) bond motifs is 1. The lowest BCUT2D eigenvalue weighted by Crippen LogP contribution is -2.45. The number of carbonyl (C=O) groups is 2. The minimum absolute atomic E-state index is 0.124. The standard InChI is InChI=1S/C19H25BrN2O2/c20-17-7-5-15(6-8-17)19(24)21-11-9-18(23)22-12-10-14-3-1-2-4-16(14)13-22/h5-8,14,16H,1-4,9-13H2,(H,21,24)/t14-,16+/m0/s1. The van der Waals surface area contributed by atoms with Crippen molar-refractivity contribution in [1.29, 1.82) is 0 Å². The molecule has 0 bridgehead atoms. The Morgan fingerprint density at radius 3 is 2.54 bits per heavy atom. The number of amides is 2. The van der Waals surface area contributed by atoms with Crippen LogP contribution in [0.15, 0.2) is 28.7 Å². The van der Waals surface area contributed by atoms with E-state index in [0.717, 1.165) is 29.9 Å². The zero-order valence-electron chi connectivity index (χ0n) is 14.0. The summed E-state index contributed by atoms with van der Waals surface area (Å²) < 4.78 is 0.945. The number of halogens is 1. The lowest BCUT2D eigenvalue weighted by Gasteiger charge is -2.41. The smallest absolute Gasteiger partial charge is 0.251 e. The maximum absolute atomic E-state index is 12.4. The SMILES string of the molecule is O=C(NCCC(=O)N1CC[C@@H]2CCCC[C@@H]2C1)c1ccc(Br)cc1. The molecule has 2 amide bonds. The van der Waals surface area contributed by atoms with E-state index in [9.17, 15) is 9.59 Å². The molecule has 1 aromatic carbocycles. The molecule has 1 saturated heterocycles. The van der Waals surface area contributed by atoms with Gasteiger partial charge in [-0.15, -0.1) is 0 Å². The first-order valence-corrected chi connectivity index (χ1v) is 9.74. The van der Waals surface area contributed by atoms with Crippen LogP contribution < -0.4 is 5.32 Å².